The van der Waals surface area contributed by atoms with Gasteiger partial charge >= 0.3 is 0 Å². The third-order valence-corrected chi connectivity index (χ3v) is 3.44. The summed E-state index contributed by atoms with van der Waals surface area (Å²) in [7, 11) is 0. The lowest BCUT2D eigenvalue weighted by atomic mass is 10.2. The first-order valence-electron chi connectivity index (χ1n) is 3.09. The molecule has 0 aliphatic heterocycles. The number of aryl methyl sites for hydroxylation is 1. The SMILES string of the molecule is Cc1cc(F)c(I)c(N(I)I)c1. The van der Waals surface area contributed by atoms with Gasteiger partial charge in [-0.3, -0.25) is 1.33 Å². The van der Waals surface area contributed by atoms with Crippen molar-refractivity contribution >= 4 is 74.0 Å². The Labute approximate surface area is 112 Å². The molecule has 0 aromatic heterocycles. The summed E-state index contributed by atoms with van der Waals surface area (Å²) in [6, 6.07) is 3.51. The standard InChI is InChI=1S/C7H5FI3N/c1-4-2-5(8)7(9)6(3-4)12(10)11/h2-3H,1H3. The van der Waals surface area contributed by atoms with Crippen molar-refractivity contribution in [3.63, 3.8) is 0 Å². The van der Waals surface area contributed by atoms with Crippen LogP contribution in [0.25, 0.3) is 0 Å². The van der Waals surface area contributed by atoms with Gasteiger partial charge in [-0.05, 0) is 47.2 Å². The summed E-state index contributed by atoms with van der Waals surface area (Å²) in [5, 5.41) is 0. The molecule has 12 heavy (non-hydrogen) atoms. The zero-order valence-electron chi connectivity index (χ0n) is 6.11. The van der Waals surface area contributed by atoms with Crippen molar-refractivity contribution in [3.8, 4) is 0 Å². The maximum Gasteiger partial charge on any atom is 0.138 e. The van der Waals surface area contributed by atoms with E-state index in [2.05, 4.69) is 45.7 Å². The minimum atomic E-state index is -0.149. The molecule has 5 heteroatoms. The van der Waals surface area contributed by atoms with E-state index in [9.17, 15) is 4.39 Å². The molecule has 0 unspecified atom stereocenters. The van der Waals surface area contributed by atoms with E-state index in [-0.39, 0.29) is 5.82 Å². The average molecular weight is 503 g/mol. The lowest BCUT2D eigenvalue weighted by Crippen LogP contribution is -1.96. The van der Waals surface area contributed by atoms with Crippen molar-refractivity contribution in [1.29, 1.82) is 0 Å². The number of rotatable bonds is 1. The Morgan fingerprint density at radius 3 is 2.42 bits per heavy atom. The normalized spacial score (nSPS) is 10.1. The van der Waals surface area contributed by atoms with E-state index in [4.69, 9.17) is 0 Å². The zero-order valence-corrected chi connectivity index (χ0v) is 12.6. The van der Waals surface area contributed by atoms with E-state index < -0.39 is 0 Å². The van der Waals surface area contributed by atoms with Crippen LogP contribution in [0.15, 0.2) is 12.1 Å². The van der Waals surface area contributed by atoms with Gasteiger partial charge < -0.3 is 0 Å². The summed E-state index contributed by atoms with van der Waals surface area (Å²) in [5.41, 5.74) is 1.86. The number of anilines is 1. The molecule has 0 atom stereocenters. The molecule has 1 aromatic carbocycles. The largest absolute Gasteiger partial charge is 0.254 e. The van der Waals surface area contributed by atoms with Gasteiger partial charge in [0.25, 0.3) is 0 Å². The summed E-state index contributed by atoms with van der Waals surface area (Å²) < 4.78 is 15.7. The van der Waals surface area contributed by atoms with Crippen molar-refractivity contribution in [2.75, 3.05) is 1.33 Å². The van der Waals surface area contributed by atoms with Crippen LogP contribution < -0.4 is 1.33 Å². The molecule has 0 aliphatic rings. The van der Waals surface area contributed by atoms with Gasteiger partial charge in [0.15, 0.2) is 0 Å². The molecule has 0 aliphatic carbocycles. The maximum absolute atomic E-state index is 13.2. The highest BCUT2D eigenvalue weighted by atomic mass is 127. The molecule has 1 nitrogen and oxygen atoms in total. The number of nitrogens with zero attached hydrogens (tertiary/aromatic N) is 1. The average Bonchev–Trinajstić information content (AvgIpc) is 1.96. The fourth-order valence-corrected chi connectivity index (χ4v) is 3.07. The highest BCUT2D eigenvalue weighted by molar-refractivity contribution is 14.2. The molecule has 0 saturated carbocycles. The first-order valence-corrected chi connectivity index (χ1v) is 6.10. The Morgan fingerprint density at radius 1 is 1.33 bits per heavy atom. The lowest BCUT2D eigenvalue weighted by molar-refractivity contribution is 0.620. The van der Waals surface area contributed by atoms with E-state index in [1.165, 1.54) is 0 Å². The van der Waals surface area contributed by atoms with Crippen LogP contribution in [0, 0.1) is 16.3 Å². The zero-order chi connectivity index (χ0) is 9.30. The molecule has 1 aromatic rings. The van der Waals surface area contributed by atoms with Gasteiger partial charge in [-0.2, -0.15) is 0 Å². The van der Waals surface area contributed by atoms with Gasteiger partial charge in [-0.25, -0.2) is 4.39 Å². The summed E-state index contributed by atoms with van der Waals surface area (Å²) in [4.78, 5) is 0. The predicted octanol–water partition coefficient (Wildman–Crippen LogP) is 4.25. The van der Waals surface area contributed by atoms with Crippen molar-refractivity contribution in [3.05, 3.63) is 27.1 Å². The van der Waals surface area contributed by atoms with E-state index >= 15 is 0 Å². The second-order valence-corrected chi connectivity index (χ2v) is 7.17. The summed E-state index contributed by atoms with van der Waals surface area (Å²) in [6.07, 6.45) is 0. The van der Waals surface area contributed by atoms with Gasteiger partial charge in [0.1, 0.15) is 5.82 Å². The number of benzene rings is 1. The molecule has 1 rings (SSSR count). The minimum absolute atomic E-state index is 0.149. The molecule has 0 amide bonds. The van der Waals surface area contributed by atoms with E-state index in [0.717, 1.165) is 11.3 Å². The van der Waals surface area contributed by atoms with E-state index in [1.54, 1.807) is 6.07 Å². The van der Waals surface area contributed by atoms with Crippen LogP contribution in [0.1, 0.15) is 5.56 Å². The van der Waals surface area contributed by atoms with Crippen LogP contribution in [0.2, 0.25) is 0 Å². The summed E-state index contributed by atoms with van der Waals surface area (Å²) in [6.45, 7) is 1.89. The van der Waals surface area contributed by atoms with Gasteiger partial charge in [-0.15, -0.1) is 0 Å². The second kappa shape index (κ2) is 4.58. The molecule has 0 heterocycles. The van der Waals surface area contributed by atoms with Crippen LogP contribution in [-0.4, -0.2) is 0 Å². The lowest BCUT2D eigenvalue weighted by Gasteiger charge is -2.10. The highest BCUT2D eigenvalue weighted by Gasteiger charge is 2.09. The Morgan fingerprint density at radius 2 is 1.92 bits per heavy atom. The maximum atomic E-state index is 13.2. The smallest absolute Gasteiger partial charge is 0.138 e. The monoisotopic (exact) mass is 503 g/mol. The molecule has 0 N–H and O–H groups in total. The Hall–Kier alpha value is 1.14. The summed E-state index contributed by atoms with van der Waals surface area (Å²) in [5.74, 6) is -0.149. The number of hydrogen-bond acceptors (Lipinski definition) is 1. The molecule has 66 valence electrons. The predicted molar refractivity (Wildman–Crippen MR) is 74.4 cm³/mol. The summed E-state index contributed by atoms with van der Waals surface area (Å²) >= 11 is 6.24. The van der Waals surface area contributed by atoms with E-state index in [0.29, 0.717) is 3.57 Å². The fourth-order valence-electron chi connectivity index (χ4n) is 0.829. The number of halogens is 4. The van der Waals surface area contributed by atoms with Gasteiger partial charge in [0.2, 0.25) is 0 Å². The number of hydrogen-bond donors (Lipinski definition) is 0. The molecule has 0 saturated heterocycles. The quantitative estimate of drug-likeness (QED) is 0.410. The van der Waals surface area contributed by atoms with Crippen LogP contribution in [0.3, 0.4) is 0 Å². The first-order chi connectivity index (χ1) is 5.52. The van der Waals surface area contributed by atoms with E-state index in [1.807, 2.05) is 36.9 Å². The van der Waals surface area contributed by atoms with Crippen LogP contribution in [0.5, 0.6) is 0 Å². The van der Waals surface area contributed by atoms with Crippen LogP contribution in [0.4, 0.5) is 10.1 Å². The third kappa shape index (κ3) is 2.56. The van der Waals surface area contributed by atoms with Gasteiger partial charge in [0.05, 0.1) is 55.0 Å². The molecule has 0 radical (unpaired) electrons. The fraction of sp³-hybridized carbons (Fsp3) is 0.143. The Bertz CT molecular complexity index is 301. The highest BCUT2D eigenvalue weighted by Crippen LogP contribution is 2.31. The molecule has 0 spiro atoms. The Kier molecular flexibility index (Phi) is 4.28. The van der Waals surface area contributed by atoms with Crippen LogP contribution in [-0.2, 0) is 0 Å². The van der Waals surface area contributed by atoms with Crippen LogP contribution >= 0.6 is 68.3 Å². The van der Waals surface area contributed by atoms with Gasteiger partial charge in [-0.1, -0.05) is 0 Å². The molecular weight excluding hydrogens is 498 g/mol. The second-order valence-electron chi connectivity index (χ2n) is 2.31. The van der Waals surface area contributed by atoms with Crippen molar-refractivity contribution < 1.29 is 4.39 Å². The first kappa shape index (κ1) is 11.2. The topological polar surface area (TPSA) is 3.24 Å². The van der Waals surface area contributed by atoms with Crippen molar-refractivity contribution in [2.45, 2.75) is 6.92 Å². The van der Waals surface area contributed by atoms with Gasteiger partial charge in [0, 0.05) is 0 Å². The van der Waals surface area contributed by atoms with Crippen molar-refractivity contribution in [2.24, 2.45) is 0 Å². The molecule has 0 fully saturated rings. The Balaban J connectivity index is 3.28. The minimum Gasteiger partial charge on any atom is -0.254 e. The molecular formula is C7H5FI3N. The third-order valence-electron chi connectivity index (χ3n) is 1.34. The molecule has 0 bridgehead atoms. The van der Waals surface area contributed by atoms with Crippen molar-refractivity contribution in [1.82, 2.24) is 0 Å².